The lowest BCUT2D eigenvalue weighted by molar-refractivity contribution is -0.333. The molecule has 4 fully saturated rings. The van der Waals surface area contributed by atoms with Gasteiger partial charge in [0.05, 0.1) is 43.2 Å². The number of hydrogen-bond acceptors (Lipinski definition) is 9. The SMILES string of the molecule is CC(=O)O[C@@]12CO[C@@H]1C[C@H](OP(P(P)P)P(P)P)[C@@]1(C)C(=O)C(=O)C3C(C)[C@@H](O)CC([C@@H](OC(=O)c4ccccc4)[C@H]21)C3(C)C. The summed E-state index contributed by atoms with van der Waals surface area (Å²) in [6.07, 6.45) is -2.90. The average Bonchev–Trinajstić information content (AvgIpc) is 2.95. The van der Waals surface area contributed by atoms with E-state index in [1.54, 1.807) is 44.2 Å². The largest absolute Gasteiger partial charge is 0.458 e. The smallest absolute Gasteiger partial charge is 0.338 e. The lowest BCUT2D eigenvalue weighted by Gasteiger charge is -2.66. The normalized spacial score (nSPS) is 39.0. The van der Waals surface area contributed by atoms with Crippen molar-refractivity contribution in [3.8, 4) is 0 Å². The van der Waals surface area contributed by atoms with Crippen LogP contribution in [-0.4, -0.2) is 65.2 Å². The monoisotopic (exact) mass is 752 g/mol. The highest BCUT2D eigenvalue weighted by molar-refractivity contribution is 8.96. The number of esters is 2. The molecule has 1 heterocycles. The maximum absolute atomic E-state index is 15.0. The Kier molecular flexibility index (Phi) is 11.1. The zero-order chi connectivity index (χ0) is 33.2. The molecule has 0 radical (unpaired) electrons. The van der Waals surface area contributed by atoms with E-state index < -0.39 is 110 Å². The third-order valence-electron chi connectivity index (χ3n) is 10.6. The molecule has 7 unspecified atom stereocenters. The van der Waals surface area contributed by atoms with E-state index in [0.29, 0.717) is 5.56 Å². The van der Waals surface area contributed by atoms with Gasteiger partial charge in [-0.25, -0.2) is 4.79 Å². The van der Waals surface area contributed by atoms with E-state index in [2.05, 4.69) is 35.7 Å². The Labute approximate surface area is 277 Å². The van der Waals surface area contributed by atoms with Gasteiger partial charge in [-0.05, 0) is 50.8 Å². The van der Waals surface area contributed by atoms with Gasteiger partial charge in [0.1, 0.15) is 12.2 Å². The minimum Gasteiger partial charge on any atom is -0.458 e. The maximum Gasteiger partial charge on any atom is 0.338 e. The number of aliphatic hydroxyl groups excluding tert-OH is 1. The number of Topliss-reactive ketones (excluding diaryl/α,β-unsaturated/α-hetero) is 2. The number of rotatable bonds is 7. The van der Waals surface area contributed by atoms with Gasteiger partial charge < -0.3 is 23.8 Å². The predicted octanol–water partition coefficient (Wildman–Crippen LogP) is 6.49. The van der Waals surface area contributed by atoms with E-state index in [4.69, 9.17) is 18.7 Å². The van der Waals surface area contributed by atoms with Crippen LogP contribution in [0, 0.1) is 34.5 Å². The molecule has 2 bridgehead atoms. The summed E-state index contributed by atoms with van der Waals surface area (Å²) in [6.45, 7) is 7.22. The molecule has 1 saturated heterocycles. The summed E-state index contributed by atoms with van der Waals surface area (Å²) in [5.74, 6) is -5.23. The van der Waals surface area contributed by atoms with Gasteiger partial charge in [0, 0.05) is 25.2 Å². The molecule has 1 aromatic rings. The van der Waals surface area contributed by atoms with E-state index in [9.17, 15) is 24.3 Å². The minimum absolute atomic E-state index is 0.0185. The van der Waals surface area contributed by atoms with Crippen LogP contribution in [0.4, 0.5) is 0 Å². The van der Waals surface area contributed by atoms with E-state index in [-0.39, 0.29) is 19.4 Å². The Balaban J connectivity index is 1.77. The zero-order valence-electron chi connectivity index (χ0n) is 26.0. The fourth-order valence-electron chi connectivity index (χ4n) is 8.50. The van der Waals surface area contributed by atoms with Gasteiger partial charge in [-0.3, -0.25) is 14.4 Å². The standard InChI is InChI=1S/C29H43O9P7/c1-14-18(31)11-17-23(36-26(34)16-9-7-6-8-10-16)24-28(5,25(33)22(32)21(14)27(17,3)4)19(38-43(44(39)40)45(41)42)12-20-29(24,13-35-20)37-15(2)30/h6-10,14,17-21,23-24,31H,11-13,39-42H2,1-5H3/t14?,17?,18-,19-,20+,21?,23+,24-,28+,29-/m0/s1. The average molecular weight is 752 g/mol. The van der Waals surface area contributed by atoms with Gasteiger partial charge in [0.15, 0.2) is 5.60 Å². The molecular weight excluding hydrogens is 709 g/mol. The number of ether oxygens (including phenoxy) is 3. The third-order valence-corrected chi connectivity index (χ3v) is 33.1. The van der Waals surface area contributed by atoms with Gasteiger partial charge in [-0.1, -0.05) is 39.0 Å². The van der Waals surface area contributed by atoms with Crippen molar-refractivity contribution in [2.24, 2.45) is 34.5 Å². The Morgan fingerprint density at radius 2 is 1.64 bits per heavy atom. The Hall–Kier alpha value is 0.390. The molecule has 3 saturated carbocycles. The Morgan fingerprint density at radius 3 is 2.18 bits per heavy atom. The molecule has 4 aliphatic rings. The third kappa shape index (κ3) is 6.20. The van der Waals surface area contributed by atoms with Crippen molar-refractivity contribution in [1.82, 2.24) is 0 Å². The molecule has 0 spiro atoms. The van der Waals surface area contributed by atoms with Crippen LogP contribution in [0.1, 0.15) is 57.8 Å². The highest BCUT2D eigenvalue weighted by Gasteiger charge is 2.76. The fourth-order valence-corrected chi connectivity index (χ4v) is 41.4. The van der Waals surface area contributed by atoms with Crippen LogP contribution in [0.3, 0.4) is 0 Å². The second-order valence-corrected chi connectivity index (χ2v) is 37.1. The van der Waals surface area contributed by atoms with Crippen molar-refractivity contribution in [3.63, 3.8) is 0 Å². The molecule has 1 N–H and O–H groups in total. The van der Waals surface area contributed by atoms with Crippen LogP contribution in [0.15, 0.2) is 30.3 Å². The second-order valence-electron chi connectivity index (χ2n) is 13.4. The number of carbonyl (C=O) groups excluding carboxylic acids is 4. The van der Waals surface area contributed by atoms with Crippen molar-refractivity contribution in [3.05, 3.63) is 35.9 Å². The molecule has 16 heteroatoms. The molecule has 5 rings (SSSR count). The van der Waals surface area contributed by atoms with Crippen LogP contribution < -0.4 is 0 Å². The molecule has 14 atom stereocenters. The number of aliphatic hydroxyl groups is 1. The van der Waals surface area contributed by atoms with Gasteiger partial charge in [-0.2, -0.15) is 0 Å². The summed E-state index contributed by atoms with van der Waals surface area (Å²) >= 11 is 0. The number of ketones is 2. The second kappa shape index (κ2) is 13.6. The first-order chi connectivity index (χ1) is 21.0. The van der Waals surface area contributed by atoms with Gasteiger partial charge in [0.25, 0.3) is 0 Å². The summed E-state index contributed by atoms with van der Waals surface area (Å²) < 4.78 is 25.7. The van der Waals surface area contributed by atoms with E-state index in [0.717, 1.165) is 0 Å². The van der Waals surface area contributed by atoms with Crippen molar-refractivity contribution in [1.29, 1.82) is 0 Å². The van der Waals surface area contributed by atoms with Gasteiger partial charge in [-0.15, -0.1) is 35.7 Å². The molecule has 0 amide bonds. The van der Waals surface area contributed by atoms with Crippen molar-refractivity contribution in [2.75, 3.05) is 6.61 Å². The summed E-state index contributed by atoms with van der Waals surface area (Å²) in [7, 11) is 10.2. The number of carbonyl (C=O) groups is 4. The highest BCUT2D eigenvalue weighted by atomic mass is 33.0. The molecule has 45 heavy (non-hydrogen) atoms. The lowest BCUT2D eigenvalue weighted by atomic mass is 9.44. The molecular formula is C29H43O9P7. The number of hydrogen-bond donors (Lipinski definition) is 1. The first-order valence-corrected chi connectivity index (χ1v) is 26.7. The minimum atomic E-state index is -1.54. The summed E-state index contributed by atoms with van der Waals surface area (Å²) in [5, 5.41) is 11.4. The number of fused-ring (bicyclic) bond motifs is 5. The Morgan fingerprint density at radius 1 is 1.02 bits per heavy atom. The Bertz CT molecular complexity index is 1340. The van der Waals surface area contributed by atoms with Gasteiger partial charge >= 0.3 is 11.9 Å². The summed E-state index contributed by atoms with van der Waals surface area (Å²) in [4.78, 5) is 56.3. The lowest BCUT2D eigenvalue weighted by Crippen LogP contribution is -2.79. The van der Waals surface area contributed by atoms with Crippen molar-refractivity contribution >= 4 is 80.7 Å². The summed E-state index contributed by atoms with van der Waals surface area (Å²) in [6, 6.07) is 8.59. The predicted molar refractivity (Wildman–Crippen MR) is 191 cm³/mol. The fraction of sp³-hybridized carbons (Fsp3) is 0.655. The molecule has 0 aromatic heterocycles. The molecule has 1 aromatic carbocycles. The van der Waals surface area contributed by atoms with Crippen molar-refractivity contribution in [2.45, 2.75) is 77.5 Å². The van der Waals surface area contributed by atoms with Crippen LogP contribution in [0.25, 0.3) is 0 Å². The maximum atomic E-state index is 15.0. The topological polar surface area (TPSA) is 125 Å². The van der Waals surface area contributed by atoms with Crippen molar-refractivity contribution < 1.29 is 43.0 Å². The van der Waals surface area contributed by atoms with Crippen LogP contribution in [-0.2, 0) is 33.1 Å². The van der Waals surface area contributed by atoms with Crippen LogP contribution >= 0.6 is 57.2 Å². The highest BCUT2D eigenvalue weighted by Crippen LogP contribution is 2.98. The number of benzene rings is 1. The first kappa shape index (κ1) is 36.7. The van der Waals surface area contributed by atoms with E-state index >= 15 is 0 Å². The first-order valence-electron chi connectivity index (χ1n) is 14.9. The zero-order valence-corrected chi connectivity index (χ0v) is 33.3. The van der Waals surface area contributed by atoms with Crippen LogP contribution in [0.5, 0.6) is 0 Å². The summed E-state index contributed by atoms with van der Waals surface area (Å²) in [5.41, 5.74) is -3.41. The van der Waals surface area contributed by atoms with Crippen LogP contribution in [0.2, 0.25) is 0 Å². The van der Waals surface area contributed by atoms with E-state index in [1.165, 1.54) is 6.92 Å². The molecule has 248 valence electrons. The van der Waals surface area contributed by atoms with E-state index in [1.807, 2.05) is 13.8 Å². The quantitative estimate of drug-likeness (QED) is 0.189. The molecule has 1 aliphatic heterocycles. The molecule has 3 aliphatic carbocycles. The molecule has 9 nitrogen and oxygen atoms in total. The van der Waals surface area contributed by atoms with Gasteiger partial charge in [0.2, 0.25) is 11.6 Å².